The lowest BCUT2D eigenvalue weighted by Gasteiger charge is -2.17. The quantitative estimate of drug-likeness (QED) is 0.886. The fraction of sp³-hybridized carbons (Fsp3) is 0.278. The molecule has 3 rings (SSSR count). The summed E-state index contributed by atoms with van der Waals surface area (Å²) in [6, 6.07) is 15.9. The molecule has 0 aromatic heterocycles. The minimum atomic E-state index is 0.0104. The van der Waals surface area contributed by atoms with Crippen LogP contribution in [-0.2, 0) is 11.2 Å². The molecule has 0 aliphatic carbocycles. The van der Waals surface area contributed by atoms with Crippen molar-refractivity contribution < 1.29 is 4.79 Å². The van der Waals surface area contributed by atoms with Gasteiger partial charge in [-0.05, 0) is 54.8 Å². The molecule has 0 radical (unpaired) electrons. The molecule has 3 nitrogen and oxygen atoms in total. The maximum absolute atomic E-state index is 12.1. The van der Waals surface area contributed by atoms with Crippen LogP contribution in [0.15, 0.2) is 53.0 Å². The Labute approximate surface area is 139 Å². The van der Waals surface area contributed by atoms with Crippen molar-refractivity contribution in [3.63, 3.8) is 0 Å². The Morgan fingerprint density at radius 3 is 2.27 bits per heavy atom. The van der Waals surface area contributed by atoms with Gasteiger partial charge in [-0.15, -0.1) is 0 Å². The molecule has 114 valence electrons. The number of hydrogen-bond donors (Lipinski definition) is 1. The zero-order valence-electron chi connectivity index (χ0n) is 12.4. The van der Waals surface area contributed by atoms with Crippen LogP contribution in [0.25, 0.3) is 0 Å². The summed E-state index contributed by atoms with van der Waals surface area (Å²) in [6.07, 6.45) is 2.93. The summed E-state index contributed by atoms with van der Waals surface area (Å²) in [5.74, 6) is 0.0104. The zero-order valence-corrected chi connectivity index (χ0v) is 14.0. The molecule has 0 spiro atoms. The molecule has 0 saturated carbocycles. The maximum atomic E-state index is 12.1. The van der Waals surface area contributed by atoms with Crippen LogP contribution in [0.5, 0.6) is 0 Å². The minimum absolute atomic E-state index is 0.0104. The van der Waals surface area contributed by atoms with Crippen molar-refractivity contribution in [3.8, 4) is 0 Å². The van der Waals surface area contributed by atoms with E-state index in [9.17, 15) is 4.79 Å². The highest BCUT2D eigenvalue weighted by Crippen LogP contribution is 2.22. The summed E-state index contributed by atoms with van der Waals surface area (Å²) in [5.41, 5.74) is 3.10. The van der Waals surface area contributed by atoms with E-state index >= 15 is 0 Å². The molecular weight excluding hydrogens is 340 g/mol. The Hall–Kier alpha value is -1.81. The smallest absolute Gasteiger partial charge is 0.228 e. The van der Waals surface area contributed by atoms with Crippen LogP contribution in [-0.4, -0.2) is 19.0 Å². The molecule has 1 aliphatic heterocycles. The van der Waals surface area contributed by atoms with Crippen LogP contribution < -0.4 is 10.2 Å². The van der Waals surface area contributed by atoms with Gasteiger partial charge in [0, 0.05) is 28.9 Å². The minimum Gasteiger partial charge on any atom is -0.372 e. The summed E-state index contributed by atoms with van der Waals surface area (Å²) < 4.78 is 1.02. The van der Waals surface area contributed by atoms with Crippen molar-refractivity contribution >= 4 is 33.2 Å². The lowest BCUT2D eigenvalue weighted by molar-refractivity contribution is -0.115. The van der Waals surface area contributed by atoms with E-state index in [-0.39, 0.29) is 5.91 Å². The monoisotopic (exact) mass is 358 g/mol. The number of benzene rings is 2. The fourth-order valence-corrected chi connectivity index (χ4v) is 2.99. The van der Waals surface area contributed by atoms with Gasteiger partial charge in [0.15, 0.2) is 0 Å². The molecule has 4 heteroatoms. The van der Waals surface area contributed by atoms with Crippen molar-refractivity contribution in [1.29, 1.82) is 0 Å². The lowest BCUT2D eigenvalue weighted by Crippen LogP contribution is -2.18. The van der Waals surface area contributed by atoms with Gasteiger partial charge in [-0.2, -0.15) is 0 Å². The molecule has 1 aliphatic rings. The number of rotatable bonds is 4. The van der Waals surface area contributed by atoms with E-state index in [1.807, 2.05) is 36.4 Å². The van der Waals surface area contributed by atoms with Gasteiger partial charge in [0.2, 0.25) is 5.91 Å². The second-order valence-corrected chi connectivity index (χ2v) is 6.51. The third-order valence-electron chi connectivity index (χ3n) is 3.90. The highest BCUT2D eigenvalue weighted by atomic mass is 79.9. The number of nitrogens with zero attached hydrogens (tertiary/aromatic N) is 1. The van der Waals surface area contributed by atoms with Gasteiger partial charge in [0.25, 0.3) is 0 Å². The van der Waals surface area contributed by atoms with Gasteiger partial charge in [-0.3, -0.25) is 4.79 Å². The normalized spacial score (nSPS) is 14.1. The van der Waals surface area contributed by atoms with Crippen molar-refractivity contribution in [2.75, 3.05) is 23.3 Å². The lowest BCUT2D eigenvalue weighted by atomic mass is 10.1. The van der Waals surface area contributed by atoms with Crippen molar-refractivity contribution in [1.82, 2.24) is 0 Å². The molecule has 0 bridgehead atoms. The van der Waals surface area contributed by atoms with Crippen LogP contribution in [0.1, 0.15) is 18.4 Å². The van der Waals surface area contributed by atoms with Gasteiger partial charge in [-0.25, -0.2) is 0 Å². The van der Waals surface area contributed by atoms with Crippen LogP contribution in [0.3, 0.4) is 0 Å². The number of anilines is 2. The first-order valence-electron chi connectivity index (χ1n) is 7.60. The van der Waals surface area contributed by atoms with Gasteiger partial charge >= 0.3 is 0 Å². The third kappa shape index (κ3) is 3.89. The van der Waals surface area contributed by atoms with Crippen molar-refractivity contribution in [2.24, 2.45) is 0 Å². The molecular formula is C18H19BrN2O. The Morgan fingerprint density at radius 2 is 1.64 bits per heavy atom. The first kappa shape index (κ1) is 15.1. The molecule has 2 aromatic carbocycles. The van der Waals surface area contributed by atoms with Gasteiger partial charge in [0.05, 0.1) is 6.42 Å². The van der Waals surface area contributed by atoms with Crippen LogP contribution in [0, 0.1) is 0 Å². The van der Waals surface area contributed by atoms with Crippen LogP contribution >= 0.6 is 15.9 Å². The third-order valence-corrected chi connectivity index (χ3v) is 4.43. The molecule has 1 N–H and O–H groups in total. The summed E-state index contributed by atoms with van der Waals surface area (Å²) in [4.78, 5) is 14.5. The molecule has 2 aromatic rings. The zero-order chi connectivity index (χ0) is 15.4. The SMILES string of the molecule is O=C(Cc1ccc(Br)cc1)Nc1ccc(N2CCCC2)cc1. The number of nitrogens with one attached hydrogen (secondary N) is 1. The highest BCUT2D eigenvalue weighted by molar-refractivity contribution is 9.10. The second kappa shape index (κ2) is 6.97. The van der Waals surface area contributed by atoms with E-state index in [0.717, 1.165) is 28.8 Å². The van der Waals surface area contributed by atoms with E-state index in [0.29, 0.717) is 6.42 Å². The van der Waals surface area contributed by atoms with Gasteiger partial charge < -0.3 is 10.2 Å². The molecule has 1 heterocycles. The van der Waals surface area contributed by atoms with Gasteiger partial charge in [-0.1, -0.05) is 28.1 Å². The summed E-state index contributed by atoms with van der Waals surface area (Å²) in [6.45, 7) is 2.27. The first-order valence-corrected chi connectivity index (χ1v) is 8.39. The van der Waals surface area contributed by atoms with Crippen molar-refractivity contribution in [3.05, 3.63) is 58.6 Å². The number of halogens is 1. The number of carbonyl (C=O) groups excluding carboxylic acids is 1. The summed E-state index contributed by atoms with van der Waals surface area (Å²) in [5, 5.41) is 2.95. The van der Waals surface area contributed by atoms with Gasteiger partial charge in [0.1, 0.15) is 0 Å². The van der Waals surface area contributed by atoms with Crippen molar-refractivity contribution in [2.45, 2.75) is 19.3 Å². The predicted octanol–water partition coefficient (Wildman–Crippen LogP) is 4.23. The largest absolute Gasteiger partial charge is 0.372 e. The topological polar surface area (TPSA) is 32.3 Å². The number of amides is 1. The van der Waals surface area contributed by atoms with E-state index < -0.39 is 0 Å². The average molecular weight is 359 g/mol. The summed E-state index contributed by atoms with van der Waals surface area (Å²) in [7, 11) is 0. The standard InChI is InChI=1S/C18H19BrN2O/c19-15-5-3-14(4-6-15)13-18(22)20-16-7-9-17(10-8-16)21-11-1-2-12-21/h3-10H,1-2,11-13H2,(H,20,22). The molecule has 0 unspecified atom stereocenters. The fourth-order valence-electron chi connectivity index (χ4n) is 2.72. The van der Waals surface area contributed by atoms with Crippen LogP contribution in [0.2, 0.25) is 0 Å². The van der Waals surface area contributed by atoms with E-state index in [1.54, 1.807) is 0 Å². The van der Waals surface area contributed by atoms with Crippen LogP contribution in [0.4, 0.5) is 11.4 Å². The van der Waals surface area contributed by atoms with E-state index in [2.05, 4.69) is 38.3 Å². The molecule has 1 fully saturated rings. The number of carbonyl (C=O) groups is 1. The highest BCUT2D eigenvalue weighted by Gasteiger charge is 2.12. The molecule has 1 amide bonds. The average Bonchev–Trinajstić information content (AvgIpc) is 3.05. The predicted molar refractivity (Wildman–Crippen MR) is 94.4 cm³/mol. The first-order chi connectivity index (χ1) is 10.7. The second-order valence-electron chi connectivity index (χ2n) is 5.59. The Morgan fingerprint density at radius 1 is 1.00 bits per heavy atom. The Kier molecular flexibility index (Phi) is 4.78. The van der Waals surface area contributed by atoms with E-state index in [1.165, 1.54) is 18.5 Å². The Bertz CT molecular complexity index is 631. The molecule has 1 saturated heterocycles. The Balaban J connectivity index is 1.57. The van der Waals surface area contributed by atoms with E-state index in [4.69, 9.17) is 0 Å². The number of hydrogen-bond acceptors (Lipinski definition) is 2. The molecule has 22 heavy (non-hydrogen) atoms. The molecule has 0 atom stereocenters. The maximum Gasteiger partial charge on any atom is 0.228 e. The summed E-state index contributed by atoms with van der Waals surface area (Å²) >= 11 is 3.40.